The van der Waals surface area contributed by atoms with Crippen molar-refractivity contribution >= 4 is 0 Å². The second-order valence-corrected chi connectivity index (χ2v) is 4.26. The quantitative estimate of drug-likeness (QED) is 0.669. The summed E-state index contributed by atoms with van der Waals surface area (Å²) in [5, 5.41) is 3.40. The van der Waals surface area contributed by atoms with E-state index in [2.05, 4.69) is 30.4 Å². The van der Waals surface area contributed by atoms with Gasteiger partial charge in [-0.05, 0) is 23.6 Å². The van der Waals surface area contributed by atoms with Gasteiger partial charge in [-0.3, -0.25) is 0 Å². The van der Waals surface area contributed by atoms with Crippen molar-refractivity contribution in [3.63, 3.8) is 0 Å². The van der Waals surface area contributed by atoms with Crippen LogP contribution >= 0.6 is 0 Å². The molecule has 2 atom stereocenters. The Balaban J connectivity index is 2.09. The highest BCUT2D eigenvalue weighted by Gasteiger charge is 2.34. The van der Waals surface area contributed by atoms with Crippen molar-refractivity contribution in [2.24, 2.45) is 0 Å². The first-order chi connectivity index (χ1) is 6.86. The van der Waals surface area contributed by atoms with Crippen LogP contribution in [0.5, 0.6) is 0 Å². The zero-order chi connectivity index (χ0) is 9.54. The number of rotatable bonds is 0. The van der Waals surface area contributed by atoms with Crippen molar-refractivity contribution in [1.29, 1.82) is 0 Å². The molecule has 1 N–H and O–H groups in total. The van der Waals surface area contributed by atoms with Gasteiger partial charge in [0.05, 0.1) is 12.7 Å². The van der Waals surface area contributed by atoms with Gasteiger partial charge in [0.1, 0.15) is 0 Å². The molecule has 1 aromatic carbocycles. The molecule has 2 unspecified atom stereocenters. The van der Waals surface area contributed by atoms with Crippen molar-refractivity contribution in [1.82, 2.24) is 5.32 Å². The van der Waals surface area contributed by atoms with Crippen LogP contribution in [0.4, 0.5) is 0 Å². The molecule has 0 bridgehead atoms. The summed E-state index contributed by atoms with van der Waals surface area (Å²) in [4.78, 5) is 0. The van der Waals surface area contributed by atoms with Crippen molar-refractivity contribution in [3.8, 4) is 0 Å². The van der Waals surface area contributed by atoms with Crippen molar-refractivity contribution in [2.75, 3.05) is 13.1 Å². The molecular formula is C12H15NO. The van der Waals surface area contributed by atoms with Gasteiger partial charge in [-0.2, -0.15) is 0 Å². The molecule has 2 heterocycles. The summed E-state index contributed by atoms with van der Waals surface area (Å²) in [6.45, 7) is 5.05. The molecule has 0 saturated carbocycles. The largest absolute Gasteiger partial charge is 0.372 e. The maximum atomic E-state index is 5.85. The van der Waals surface area contributed by atoms with E-state index in [9.17, 15) is 0 Å². The summed E-state index contributed by atoms with van der Waals surface area (Å²) in [5.74, 6) is 0.582. The van der Waals surface area contributed by atoms with Crippen LogP contribution < -0.4 is 5.32 Å². The molecule has 1 fully saturated rings. The highest BCUT2D eigenvalue weighted by Crippen LogP contribution is 2.34. The van der Waals surface area contributed by atoms with E-state index < -0.39 is 0 Å². The fourth-order valence-corrected chi connectivity index (χ4v) is 2.60. The molecule has 0 aromatic heterocycles. The van der Waals surface area contributed by atoms with E-state index in [0.29, 0.717) is 12.0 Å². The maximum absolute atomic E-state index is 5.85. The summed E-state index contributed by atoms with van der Waals surface area (Å²) in [5.41, 5.74) is 4.29. The minimum atomic E-state index is 0.407. The molecule has 2 heteroatoms. The predicted molar refractivity (Wildman–Crippen MR) is 55.4 cm³/mol. The van der Waals surface area contributed by atoms with Crippen LogP contribution in [0.25, 0.3) is 0 Å². The topological polar surface area (TPSA) is 21.3 Å². The van der Waals surface area contributed by atoms with Crippen LogP contribution in [0.1, 0.15) is 22.6 Å². The number of fused-ring (bicyclic) bond motifs is 3. The summed E-state index contributed by atoms with van der Waals surface area (Å²) in [6.07, 6.45) is 0.407. The van der Waals surface area contributed by atoms with E-state index in [0.717, 1.165) is 19.7 Å². The fraction of sp³-hybridized carbons (Fsp3) is 0.500. The standard InChI is InChI=1S/C12H15NO/c1-8-3-2-4-9-10-5-13-6-12(10)14-7-11(8)9/h2-4,10,12-13H,5-7H2,1H3. The van der Waals surface area contributed by atoms with E-state index in [-0.39, 0.29) is 0 Å². The number of hydrogen-bond donors (Lipinski definition) is 1. The monoisotopic (exact) mass is 189 g/mol. The zero-order valence-electron chi connectivity index (χ0n) is 8.42. The van der Waals surface area contributed by atoms with Gasteiger partial charge in [0.2, 0.25) is 0 Å². The van der Waals surface area contributed by atoms with Crippen molar-refractivity contribution < 1.29 is 4.74 Å². The Morgan fingerprint density at radius 3 is 3.21 bits per heavy atom. The third-order valence-corrected chi connectivity index (χ3v) is 3.45. The van der Waals surface area contributed by atoms with Gasteiger partial charge in [-0.15, -0.1) is 0 Å². The van der Waals surface area contributed by atoms with Crippen LogP contribution in [-0.2, 0) is 11.3 Å². The molecule has 1 saturated heterocycles. The number of ether oxygens (including phenoxy) is 1. The zero-order valence-corrected chi connectivity index (χ0v) is 8.42. The SMILES string of the molecule is Cc1cccc2c1COC1CNCC21. The van der Waals surface area contributed by atoms with E-state index in [1.165, 1.54) is 16.7 Å². The Morgan fingerprint density at radius 2 is 2.29 bits per heavy atom. The molecule has 0 aliphatic carbocycles. The number of benzene rings is 1. The molecule has 2 aliphatic rings. The lowest BCUT2D eigenvalue weighted by Crippen LogP contribution is -2.27. The molecule has 1 aromatic rings. The van der Waals surface area contributed by atoms with Gasteiger partial charge < -0.3 is 10.1 Å². The average molecular weight is 189 g/mol. The van der Waals surface area contributed by atoms with Gasteiger partial charge in [0.25, 0.3) is 0 Å². The summed E-state index contributed by atoms with van der Waals surface area (Å²) >= 11 is 0. The molecule has 14 heavy (non-hydrogen) atoms. The second kappa shape index (κ2) is 3.07. The van der Waals surface area contributed by atoms with Gasteiger partial charge >= 0.3 is 0 Å². The van der Waals surface area contributed by atoms with Crippen LogP contribution in [0, 0.1) is 6.92 Å². The van der Waals surface area contributed by atoms with E-state index in [4.69, 9.17) is 4.74 Å². The Morgan fingerprint density at radius 1 is 1.36 bits per heavy atom. The molecule has 74 valence electrons. The van der Waals surface area contributed by atoms with Crippen molar-refractivity contribution in [2.45, 2.75) is 25.6 Å². The lowest BCUT2D eigenvalue weighted by atomic mass is 9.87. The summed E-state index contributed by atoms with van der Waals surface area (Å²) < 4.78 is 5.85. The van der Waals surface area contributed by atoms with Gasteiger partial charge in [-0.1, -0.05) is 18.2 Å². The van der Waals surface area contributed by atoms with Crippen molar-refractivity contribution in [3.05, 3.63) is 34.9 Å². The highest BCUT2D eigenvalue weighted by molar-refractivity contribution is 5.39. The first-order valence-corrected chi connectivity index (χ1v) is 5.27. The molecule has 0 radical (unpaired) electrons. The van der Waals surface area contributed by atoms with E-state index >= 15 is 0 Å². The Bertz CT molecular complexity index is 361. The minimum absolute atomic E-state index is 0.407. The first kappa shape index (κ1) is 8.45. The number of aryl methyl sites for hydroxylation is 1. The lowest BCUT2D eigenvalue weighted by molar-refractivity contribution is 0.0296. The van der Waals surface area contributed by atoms with Crippen LogP contribution in [0.3, 0.4) is 0 Å². The van der Waals surface area contributed by atoms with Crippen LogP contribution in [-0.4, -0.2) is 19.2 Å². The third kappa shape index (κ3) is 1.11. The van der Waals surface area contributed by atoms with E-state index in [1.54, 1.807) is 0 Å². The predicted octanol–water partition coefficient (Wildman–Crippen LogP) is 1.58. The normalized spacial score (nSPS) is 29.8. The second-order valence-electron chi connectivity index (χ2n) is 4.26. The molecule has 2 aliphatic heterocycles. The minimum Gasteiger partial charge on any atom is -0.372 e. The first-order valence-electron chi connectivity index (χ1n) is 5.27. The fourth-order valence-electron chi connectivity index (χ4n) is 2.60. The Labute approximate surface area is 84.3 Å². The summed E-state index contributed by atoms with van der Waals surface area (Å²) in [6, 6.07) is 6.59. The Hall–Kier alpha value is -0.860. The van der Waals surface area contributed by atoms with Crippen LogP contribution in [0.15, 0.2) is 18.2 Å². The third-order valence-electron chi connectivity index (χ3n) is 3.45. The molecule has 3 rings (SSSR count). The number of nitrogens with one attached hydrogen (secondary N) is 1. The molecule has 2 nitrogen and oxygen atoms in total. The van der Waals surface area contributed by atoms with Gasteiger partial charge in [-0.25, -0.2) is 0 Å². The van der Waals surface area contributed by atoms with Gasteiger partial charge in [0.15, 0.2) is 0 Å². The lowest BCUT2D eigenvalue weighted by Gasteiger charge is -2.28. The van der Waals surface area contributed by atoms with E-state index in [1.807, 2.05) is 0 Å². The molecule has 0 amide bonds. The molecule has 0 spiro atoms. The maximum Gasteiger partial charge on any atom is 0.0784 e. The highest BCUT2D eigenvalue weighted by atomic mass is 16.5. The Kier molecular flexibility index (Phi) is 1.85. The molecular weight excluding hydrogens is 174 g/mol. The van der Waals surface area contributed by atoms with Crippen LogP contribution in [0.2, 0.25) is 0 Å². The smallest absolute Gasteiger partial charge is 0.0784 e. The number of hydrogen-bond acceptors (Lipinski definition) is 2. The van der Waals surface area contributed by atoms with Gasteiger partial charge in [0, 0.05) is 19.0 Å². The average Bonchev–Trinajstić information content (AvgIpc) is 2.66. The summed E-state index contributed by atoms with van der Waals surface area (Å²) in [7, 11) is 0.